The Balaban J connectivity index is 0. The van der Waals surface area contributed by atoms with Crippen molar-refractivity contribution < 1.29 is 4.79 Å². The van der Waals surface area contributed by atoms with E-state index in [1.165, 1.54) is 0 Å². The van der Waals surface area contributed by atoms with Crippen LogP contribution in [0.3, 0.4) is 0 Å². The van der Waals surface area contributed by atoms with Gasteiger partial charge in [0, 0.05) is 0 Å². The molecule has 0 saturated heterocycles. The average Bonchev–Trinajstić information content (AvgIpc) is 1.66. The molecule has 1 amide bonds. The Bertz CT molecular complexity index is 62.0. The van der Waals surface area contributed by atoms with E-state index in [-0.39, 0.29) is 0 Å². The average molecular weight is 150 g/mol. The molecule has 0 aliphatic carbocycles. The van der Waals surface area contributed by atoms with Crippen molar-refractivity contribution in [3.8, 4) is 0 Å². The van der Waals surface area contributed by atoms with Crippen LogP contribution in [-0.4, -0.2) is 18.3 Å². The second-order valence-electron chi connectivity index (χ2n) is 1.30. The molecule has 0 atom stereocenters. The number of carbonyl (C=O) groups excluding carboxylic acids is 1. The van der Waals surface area contributed by atoms with Crippen molar-refractivity contribution in [2.45, 2.75) is 13.8 Å². The van der Waals surface area contributed by atoms with Gasteiger partial charge in [0.25, 0.3) is 5.24 Å². The van der Waals surface area contributed by atoms with Crippen LogP contribution >= 0.6 is 12.6 Å². The Morgan fingerprint density at radius 1 is 1.56 bits per heavy atom. The summed E-state index contributed by atoms with van der Waals surface area (Å²) >= 11 is 3.10. The van der Waals surface area contributed by atoms with E-state index >= 15 is 0 Å². The number of primary amides is 1. The van der Waals surface area contributed by atoms with Crippen molar-refractivity contribution in [1.82, 2.24) is 5.32 Å². The highest BCUT2D eigenvalue weighted by Gasteiger charge is 1.63. The Labute approximate surface area is 61.4 Å². The predicted molar refractivity (Wildman–Crippen MR) is 42.8 cm³/mol. The summed E-state index contributed by atoms with van der Waals surface area (Å²) in [5, 5.41) is 2.47. The molecule has 0 unspecified atom stereocenters. The highest BCUT2D eigenvalue weighted by atomic mass is 32.1. The molecule has 0 fully saturated rings. The van der Waals surface area contributed by atoms with Gasteiger partial charge in [-0.05, 0) is 13.1 Å². The van der Waals surface area contributed by atoms with E-state index in [2.05, 4.69) is 37.5 Å². The van der Waals surface area contributed by atoms with E-state index in [1.54, 1.807) is 0 Å². The first kappa shape index (κ1) is 11.6. The van der Waals surface area contributed by atoms with E-state index in [1.807, 2.05) is 0 Å². The number of hydrogen-bond donors (Lipinski definition) is 3. The maximum Gasteiger partial charge on any atom is 0.273 e. The summed E-state index contributed by atoms with van der Waals surface area (Å²) in [6, 6.07) is 0. The number of thiol groups is 1. The lowest BCUT2D eigenvalue weighted by molar-refractivity contribution is 0.267. The summed E-state index contributed by atoms with van der Waals surface area (Å²) in [6.07, 6.45) is 0. The van der Waals surface area contributed by atoms with Crippen LogP contribution in [0.25, 0.3) is 0 Å². The Kier molecular flexibility index (Phi) is 13.8. The molecular formula is C5H14N2OS. The summed E-state index contributed by atoms with van der Waals surface area (Å²) < 4.78 is 0. The van der Waals surface area contributed by atoms with E-state index in [4.69, 9.17) is 4.79 Å². The van der Waals surface area contributed by atoms with Gasteiger partial charge >= 0.3 is 0 Å². The predicted octanol–water partition coefficient (Wildman–Crippen LogP) is 0.611. The van der Waals surface area contributed by atoms with Crippen LogP contribution in [0.1, 0.15) is 13.8 Å². The van der Waals surface area contributed by atoms with Gasteiger partial charge in [-0.3, -0.25) is 4.79 Å². The third-order valence-corrected chi connectivity index (χ3v) is 0.500. The van der Waals surface area contributed by atoms with Crippen molar-refractivity contribution in [3.05, 3.63) is 0 Å². The molecule has 0 aliphatic rings. The molecule has 3 N–H and O–H groups in total. The molecule has 0 bridgehead atoms. The molecule has 0 spiro atoms. The summed E-state index contributed by atoms with van der Waals surface area (Å²) in [5.41, 5.74) is 4.34. The van der Waals surface area contributed by atoms with Crippen LogP contribution in [0.2, 0.25) is 0 Å². The second-order valence-corrected chi connectivity index (χ2v) is 1.74. The van der Waals surface area contributed by atoms with Gasteiger partial charge in [0.2, 0.25) is 0 Å². The number of nitrogens with one attached hydrogen (secondary N) is 1. The lowest BCUT2D eigenvalue weighted by atomic mass is 10.7. The molecule has 0 saturated carbocycles. The molecule has 3 nitrogen and oxygen atoms in total. The number of amides is 1. The maximum absolute atomic E-state index is 9.09. The van der Waals surface area contributed by atoms with Gasteiger partial charge < -0.3 is 11.1 Å². The van der Waals surface area contributed by atoms with E-state index in [9.17, 15) is 0 Å². The molecule has 0 rings (SSSR count). The highest BCUT2D eigenvalue weighted by molar-refractivity contribution is 7.96. The quantitative estimate of drug-likeness (QED) is 0.505. The van der Waals surface area contributed by atoms with Gasteiger partial charge in [-0.2, -0.15) is 0 Å². The molecule has 9 heavy (non-hydrogen) atoms. The van der Waals surface area contributed by atoms with Crippen LogP contribution in [-0.2, 0) is 0 Å². The standard InChI is InChI=1S/C4H11N.CH3NOS/c1-3-5-4-2;2-1(3)4/h5H,3-4H2,1-2H3;(H3,2,3,4). The molecule has 4 heteroatoms. The minimum atomic E-state index is -0.639. The van der Waals surface area contributed by atoms with Gasteiger partial charge in [-0.25, -0.2) is 0 Å². The van der Waals surface area contributed by atoms with E-state index in [0.29, 0.717) is 0 Å². The van der Waals surface area contributed by atoms with Crippen molar-refractivity contribution in [1.29, 1.82) is 0 Å². The summed E-state index contributed by atoms with van der Waals surface area (Å²) in [5.74, 6) is 0. The van der Waals surface area contributed by atoms with Crippen molar-refractivity contribution in [3.63, 3.8) is 0 Å². The van der Waals surface area contributed by atoms with Gasteiger partial charge in [0.15, 0.2) is 0 Å². The fourth-order valence-electron chi connectivity index (χ4n) is 0.250. The third-order valence-electron chi connectivity index (χ3n) is 0.500. The van der Waals surface area contributed by atoms with Gasteiger partial charge in [0.1, 0.15) is 0 Å². The topological polar surface area (TPSA) is 55.1 Å². The van der Waals surface area contributed by atoms with Crippen LogP contribution in [0.15, 0.2) is 0 Å². The Morgan fingerprint density at radius 3 is 1.78 bits per heavy atom. The van der Waals surface area contributed by atoms with E-state index in [0.717, 1.165) is 13.1 Å². The number of rotatable bonds is 2. The Morgan fingerprint density at radius 2 is 1.78 bits per heavy atom. The first-order valence-corrected chi connectivity index (χ1v) is 3.28. The molecule has 0 aromatic rings. The van der Waals surface area contributed by atoms with Crippen LogP contribution in [0.4, 0.5) is 4.79 Å². The molecule has 56 valence electrons. The first-order valence-electron chi connectivity index (χ1n) is 2.84. The van der Waals surface area contributed by atoms with Crippen molar-refractivity contribution in [2.75, 3.05) is 13.1 Å². The Hall–Kier alpha value is -0.220. The fraction of sp³-hybridized carbons (Fsp3) is 0.800. The number of hydrogen-bond acceptors (Lipinski definition) is 2. The minimum absolute atomic E-state index is 0.639. The normalized spacial score (nSPS) is 7.44. The van der Waals surface area contributed by atoms with Gasteiger partial charge in [-0.15, -0.1) is 0 Å². The molecule has 0 aromatic carbocycles. The molecule has 0 aromatic heterocycles. The zero-order valence-corrected chi connectivity index (χ0v) is 6.74. The number of carbonyl (C=O) groups is 1. The molecular weight excluding hydrogens is 136 g/mol. The molecule has 0 heterocycles. The van der Waals surface area contributed by atoms with Gasteiger partial charge in [0.05, 0.1) is 0 Å². The zero-order chi connectivity index (χ0) is 7.70. The third kappa shape index (κ3) is 82.0. The summed E-state index contributed by atoms with van der Waals surface area (Å²) in [6.45, 7) is 6.39. The number of nitrogens with two attached hydrogens (primary N) is 1. The lowest BCUT2D eigenvalue weighted by Crippen LogP contribution is -2.09. The summed E-state index contributed by atoms with van der Waals surface area (Å²) in [4.78, 5) is 9.09. The van der Waals surface area contributed by atoms with Crippen LogP contribution < -0.4 is 11.1 Å². The van der Waals surface area contributed by atoms with Crippen molar-refractivity contribution >= 4 is 17.9 Å². The minimum Gasteiger partial charge on any atom is -0.361 e. The van der Waals surface area contributed by atoms with E-state index < -0.39 is 5.24 Å². The van der Waals surface area contributed by atoms with Crippen LogP contribution in [0, 0.1) is 0 Å². The lowest BCUT2D eigenvalue weighted by Gasteiger charge is -1.86. The highest BCUT2D eigenvalue weighted by Crippen LogP contribution is 1.60. The SMILES string of the molecule is CCNCC.NC(=O)S. The second kappa shape index (κ2) is 10.7. The maximum atomic E-state index is 9.09. The summed E-state index contributed by atoms with van der Waals surface area (Å²) in [7, 11) is 0. The largest absolute Gasteiger partial charge is 0.361 e. The van der Waals surface area contributed by atoms with Crippen LogP contribution in [0.5, 0.6) is 0 Å². The molecule has 0 aliphatic heterocycles. The first-order chi connectivity index (χ1) is 4.15. The zero-order valence-electron chi connectivity index (χ0n) is 5.85. The van der Waals surface area contributed by atoms with Gasteiger partial charge in [-0.1, -0.05) is 26.5 Å². The fourth-order valence-corrected chi connectivity index (χ4v) is 0.250. The molecule has 0 radical (unpaired) electrons. The monoisotopic (exact) mass is 150 g/mol. The van der Waals surface area contributed by atoms with Crippen molar-refractivity contribution in [2.24, 2.45) is 5.73 Å². The smallest absolute Gasteiger partial charge is 0.273 e.